The largest absolute Gasteiger partial charge is 0.466 e. The molecule has 0 saturated heterocycles. The summed E-state index contributed by atoms with van der Waals surface area (Å²) in [6, 6.07) is 0. The van der Waals surface area contributed by atoms with Gasteiger partial charge in [-0.1, -0.05) is 5.57 Å². The number of allylic oxidation sites excluding steroid dienone is 1. The van der Waals surface area contributed by atoms with E-state index in [1.807, 2.05) is 6.92 Å². The number of ether oxygens (including phenoxy) is 2. The quantitative estimate of drug-likeness (QED) is 0.346. The van der Waals surface area contributed by atoms with Crippen LogP contribution in [-0.4, -0.2) is 30.9 Å². The minimum atomic E-state index is -0.399. The highest BCUT2D eigenvalue weighted by Crippen LogP contribution is 2.02. The van der Waals surface area contributed by atoms with Gasteiger partial charge in [0.25, 0.3) is 0 Å². The molecule has 0 amide bonds. The maximum Gasteiger partial charge on any atom is 0.306 e. The molecule has 0 N–H and O–H groups in total. The van der Waals surface area contributed by atoms with E-state index < -0.39 is 5.97 Å². The van der Waals surface area contributed by atoms with E-state index in [4.69, 9.17) is 9.47 Å². The highest BCUT2D eigenvalue weighted by atomic mass is 16.5. The summed E-state index contributed by atoms with van der Waals surface area (Å²) in [6.07, 6.45) is 1.72. The van der Waals surface area contributed by atoms with Crippen molar-refractivity contribution < 1.29 is 23.9 Å². The molecule has 19 heavy (non-hydrogen) atoms. The second kappa shape index (κ2) is 10.3. The Labute approximate surface area is 114 Å². The molecule has 0 aliphatic rings. The Hall–Kier alpha value is -1.65. The van der Waals surface area contributed by atoms with Gasteiger partial charge in [-0.25, -0.2) is 0 Å². The van der Waals surface area contributed by atoms with Crippen LogP contribution in [0.4, 0.5) is 0 Å². The fourth-order valence-corrected chi connectivity index (χ4v) is 1.17. The number of Topliss-reactive ketones (excluding diaryl/α,β-unsaturated/α-hetero) is 1. The number of ketones is 1. The molecule has 0 rings (SSSR count). The number of carbonyl (C=O) groups excluding carboxylic acids is 3. The Morgan fingerprint density at radius 2 is 1.32 bits per heavy atom. The topological polar surface area (TPSA) is 69.7 Å². The lowest BCUT2D eigenvalue weighted by Gasteiger charge is -2.06. The molecule has 0 spiro atoms. The van der Waals surface area contributed by atoms with Gasteiger partial charge in [-0.15, -0.1) is 6.58 Å². The zero-order valence-corrected chi connectivity index (χ0v) is 11.7. The third-order valence-corrected chi connectivity index (χ3v) is 2.25. The van der Waals surface area contributed by atoms with Gasteiger partial charge in [0, 0.05) is 19.3 Å². The molecular weight excluding hydrogens is 248 g/mol. The molecule has 0 aromatic rings. The molecule has 0 unspecified atom stereocenters. The third-order valence-electron chi connectivity index (χ3n) is 2.25. The smallest absolute Gasteiger partial charge is 0.306 e. The van der Waals surface area contributed by atoms with E-state index in [0.717, 1.165) is 5.57 Å². The first kappa shape index (κ1) is 17.4. The molecule has 0 aliphatic carbocycles. The van der Waals surface area contributed by atoms with Crippen molar-refractivity contribution in [1.29, 1.82) is 0 Å². The third kappa shape index (κ3) is 12.6. The van der Waals surface area contributed by atoms with Crippen LogP contribution in [0, 0.1) is 0 Å². The summed E-state index contributed by atoms with van der Waals surface area (Å²) in [5.74, 6) is -0.710. The summed E-state index contributed by atoms with van der Waals surface area (Å²) in [4.78, 5) is 33.0. The summed E-state index contributed by atoms with van der Waals surface area (Å²) >= 11 is 0. The molecule has 108 valence electrons. The first-order chi connectivity index (χ1) is 8.91. The van der Waals surface area contributed by atoms with E-state index in [9.17, 15) is 14.4 Å². The van der Waals surface area contributed by atoms with Crippen LogP contribution in [0.5, 0.6) is 0 Å². The van der Waals surface area contributed by atoms with Crippen LogP contribution in [0.25, 0.3) is 0 Å². The molecule has 0 fully saturated rings. The monoisotopic (exact) mass is 270 g/mol. The average Bonchev–Trinajstić information content (AvgIpc) is 2.33. The Balaban J connectivity index is 3.44. The SMILES string of the molecule is C=C(C)CCC(=O)OCCCOC(=O)CCC(C)=O. The molecule has 0 bridgehead atoms. The van der Waals surface area contributed by atoms with E-state index >= 15 is 0 Å². The number of hydrogen-bond donors (Lipinski definition) is 0. The molecule has 0 aliphatic heterocycles. The molecule has 5 nitrogen and oxygen atoms in total. The fraction of sp³-hybridized carbons (Fsp3) is 0.643. The Kier molecular flexibility index (Phi) is 9.40. The van der Waals surface area contributed by atoms with Crippen molar-refractivity contribution in [3.63, 3.8) is 0 Å². The Morgan fingerprint density at radius 1 is 0.842 bits per heavy atom. The van der Waals surface area contributed by atoms with Crippen LogP contribution in [0.1, 0.15) is 46.0 Å². The van der Waals surface area contributed by atoms with E-state index in [1.54, 1.807) is 0 Å². The summed E-state index contributed by atoms with van der Waals surface area (Å²) in [7, 11) is 0. The second-order valence-corrected chi connectivity index (χ2v) is 4.45. The molecule has 5 heteroatoms. The number of carbonyl (C=O) groups is 3. The summed E-state index contributed by atoms with van der Waals surface area (Å²) in [5, 5.41) is 0. The van der Waals surface area contributed by atoms with Crippen LogP contribution >= 0.6 is 0 Å². The normalized spacial score (nSPS) is 9.79. The maximum absolute atomic E-state index is 11.2. The molecule has 0 aromatic carbocycles. The molecule has 0 heterocycles. The number of esters is 2. The van der Waals surface area contributed by atoms with Gasteiger partial charge in [0.15, 0.2) is 0 Å². The first-order valence-corrected chi connectivity index (χ1v) is 6.37. The van der Waals surface area contributed by atoms with Crippen molar-refractivity contribution in [3.05, 3.63) is 12.2 Å². The summed E-state index contributed by atoms with van der Waals surface area (Å²) < 4.78 is 9.82. The molecule has 0 atom stereocenters. The van der Waals surface area contributed by atoms with E-state index in [1.165, 1.54) is 6.92 Å². The van der Waals surface area contributed by atoms with Crippen molar-refractivity contribution in [2.75, 3.05) is 13.2 Å². The lowest BCUT2D eigenvalue weighted by molar-refractivity contribution is -0.146. The Bertz CT molecular complexity index is 301. The molecule has 0 aromatic heterocycles. The van der Waals surface area contributed by atoms with E-state index in [2.05, 4.69) is 6.58 Å². The zero-order valence-electron chi connectivity index (χ0n) is 11.7. The lowest BCUT2D eigenvalue weighted by atomic mass is 10.2. The van der Waals surface area contributed by atoms with Crippen molar-refractivity contribution >= 4 is 17.7 Å². The highest BCUT2D eigenvalue weighted by Gasteiger charge is 2.05. The minimum Gasteiger partial charge on any atom is -0.466 e. The highest BCUT2D eigenvalue weighted by molar-refractivity contribution is 5.80. The van der Waals surface area contributed by atoms with Gasteiger partial charge in [0.05, 0.1) is 19.6 Å². The van der Waals surface area contributed by atoms with Crippen LogP contribution in [0.15, 0.2) is 12.2 Å². The maximum atomic E-state index is 11.2. The zero-order chi connectivity index (χ0) is 14.7. The predicted molar refractivity (Wildman–Crippen MR) is 70.5 cm³/mol. The standard InChI is InChI=1S/C14H22O5/c1-11(2)5-7-13(16)18-9-4-10-19-14(17)8-6-12(3)15/h1,4-10H2,2-3H3. The van der Waals surface area contributed by atoms with E-state index in [-0.39, 0.29) is 37.8 Å². The molecule has 0 radical (unpaired) electrons. The van der Waals surface area contributed by atoms with Crippen molar-refractivity contribution in [1.82, 2.24) is 0 Å². The lowest BCUT2D eigenvalue weighted by Crippen LogP contribution is -2.11. The van der Waals surface area contributed by atoms with Gasteiger partial charge >= 0.3 is 11.9 Å². The van der Waals surface area contributed by atoms with Crippen LogP contribution in [0.2, 0.25) is 0 Å². The fourth-order valence-electron chi connectivity index (χ4n) is 1.17. The van der Waals surface area contributed by atoms with Gasteiger partial charge in [0.1, 0.15) is 5.78 Å². The van der Waals surface area contributed by atoms with Crippen LogP contribution in [-0.2, 0) is 23.9 Å². The van der Waals surface area contributed by atoms with Crippen LogP contribution < -0.4 is 0 Å². The van der Waals surface area contributed by atoms with Gasteiger partial charge < -0.3 is 14.3 Å². The first-order valence-electron chi connectivity index (χ1n) is 6.37. The summed E-state index contributed by atoms with van der Waals surface area (Å²) in [5.41, 5.74) is 0.941. The number of rotatable bonds is 10. The second-order valence-electron chi connectivity index (χ2n) is 4.45. The minimum absolute atomic E-state index is 0.0385. The Morgan fingerprint density at radius 3 is 1.74 bits per heavy atom. The number of hydrogen-bond acceptors (Lipinski definition) is 5. The van der Waals surface area contributed by atoms with Crippen molar-refractivity contribution in [2.24, 2.45) is 0 Å². The van der Waals surface area contributed by atoms with Gasteiger partial charge in [-0.3, -0.25) is 9.59 Å². The predicted octanol–water partition coefficient (Wildman–Crippen LogP) is 2.19. The van der Waals surface area contributed by atoms with Gasteiger partial charge in [-0.05, 0) is 20.3 Å². The van der Waals surface area contributed by atoms with Gasteiger partial charge in [-0.2, -0.15) is 0 Å². The summed E-state index contributed by atoms with van der Waals surface area (Å²) in [6.45, 7) is 7.41. The van der Waals surface area contributed by atoms with Gasteiger partial charge in [0.2, 0.25) is 0 Å². The van der Waals surface area contributed by atoms with Crippen molar-refractivity contribution in [2.45, 2.75) is 46.0 Å². The average molecular weight is 270 g/mol. The van der Waals surface area contributed by atoms with Crippen molar-refractivity contribution in [3.8, 4) is 0 Å². The van der Waals surface area contributed by atoms with Crippen LogP contribution in [0.3, 0.4) is 0 Å². The molecular formula is C14H22O5. The molecule has 0 saturated carbocycles. The van der Waals surface area contributed by atoms with E-state index in [0.29, 0.717) is 19.3 Å².